The van der Waals surface area contributed by atoms with Crippen LogP contribution in [0, 0.1) is 13.8 Å². The highest BCUT2D eigenvalue weighted by atomic mass is 16.3. The van der Waals surface area contributed by atoms with E-state index in [-0.39, 0.29) is 12.1 Å². The Balaban J connectivity index is 2.16. The highest BCUT2D eigenvalue weighted by Gasteiger charge is 2.30. The van der Waals surface area contributed by atoms with Crippen LogP contribution in [0.15, 0.2) is 18.2 Å². The van der Waals surface area contributed by atoms with E-state index in [1.54, 1.807) is 0 Å². The number of aryl methyl sites for hydroxylation is 2. The summed E-state index contributed by atoms with van der Waals surface area (Å²) in [6.45, 7) is 6.26. The van der Waals surface area contributed by atoms with E-state index in [4.69, 9.17) is 5.73 Å². The van der Waals surface area contributed by atoms with Gasteiger partial charge in [-0.15, -0.1) is 0 Å². The second-order valence-corrected chi connectivity index (χ2v) is 5.25. The maximum atomic E-state index is 9.27. The Morgan fingerprint density at radius 1 is 1.24 bits per heavy atom. The molecule has 0 amide bonds. The van der Waals surface area contributed by atoms with Crippen molar-refractivity contribution in [2.45, 2.75) is 32.2 Å². The van der Waals surface area contributed by atoms with Crippen LogP contribution in [0.4, 0.5) is 5.69 Å². The summed E-state index contributed by atoms with van der Waals surface area (Å²) in [6.07, 6.45) is 1.72. The molecule has 0 bridgehead atoms. The van der Waals surface area contributed by atoms with Crippen molar-refractivity contribution in [3.63, 3.8) is 0 Å². The first-order valence-corrected chi connectivity index (χ1v) is 6.27. The van der Waals surface area contributed by atoms with Crippen molar-refractivity contribution in [1.29, 1.82) is 0 Å². The lowest BCUT2D eigenvalue weighted by Gasteiger charge is -2.40. The first-order chi connectivity index (χ1) is 8.06. The predicted molar refractivity (Wildman–Crippen MR) is 71.4 cm³/mol. The first kappa shape index (κ1) is 12.4. The maximum absolute atomic E-state index is 9.27. The summed E-state index contributed by atoms with van der Waals surface area (Å²) in [5.41, 5.74) is 9.71. The van der Waals surface area contributed by atoms with Crippen LogP contribution in [0.3, 0.4) is 0 Å². The molecule has 1 aliphatic heterocycles. The zero-order valence-electron chi connectivity index (χ0n) is 10.7. The van der Waals surface area contributed by atoms with Gasteiger partial charge in [0.15, 0.2) is 0 Å². The monoisotopic (exact) mass is 234 g/mol. The van der Waals surface area contributed by atoms with Crippen molar-refractivity contribution in [2.75, 3.05) is 24.6 Å². The number of hydrogen-bond acceptors (Lipinski definition) is 3. The van der Waals surface area contributed by atoms with Crippen LogP contribution < -0.4 is 10.6 Å². The molecule has 0 unspecified atom stereocenters. The molecule has 2 rings (SSSR count). The van der Waals surface area contributed by atoms with E-state index in [1.807, 2.05) is 0 Å². The number of piperidine rings is 1. The maximum Gasteiger partial charge on any atom is 0.0612 e. The molecule has 1 aromatic rings. The van der Waals surface area contributed by atoms with Crippen molar-refractivity contribution in [2.24, 2.45) is 5.73 Å². The Kier molecular flexibility index (Phi) is 3.40. The fourth-order valence-electron chi connectivity index (χ4n) is 2.64. The van der Waals surface area contributed by atoms with Crippen LogP contribution in [-0.2, 0) is 0 Å². The molecule has 1 saturated heterocycles. The molecular weight excluding hydrogens is 212 g/mol. The summed E-state index contributed by atoms with van der Waals surface area (Å²) in [5.74, 6) is 0. The fourth-order valence-corrected chi connectivity index (χ4v) is 2.64. The zero-order valence-corrected chi connectivity index (χ0v) is 10.7. The zero-order chi connectivity index (χ0) is 12.5. The number of rotatable bonds is 2. The Morgan fingerprint density at radius 3 is 2.24 bits per heavy atom. The fraction of sp³-hybridized carbons (Fsp3) is 0.571. The summed E-state index contributed by atoms with van der Waals surface area (Å²) in [7, 11) is 0. The number of hydrogen-bond donors (Lipinski definition) is 2. The van der Waals surface area contributed by atoms with Crippen molar-refractivity contribution in [1.82, 2.24) is 0 Å². The molecule has 0 aromatic heterocycles. The van der Waals surface area contributed by atoms with Crippen LogP contribution in [-0.4, -0.2) is 30.3 Å². The van der Waals surface area contributed by atoms with Crippen molar-refractivity contribution in [3.8, 4) is 0 Å². The van der Waals surface area contributed by atoms with Gasteiger partial charge in [-0.05, 0) is 37.8 Å². The number of para-hydroxylation sites is 1. The van der Waals surface area contributed by atoms with Crippen LogP contribution >= 0.6 is 0 Å². The van der Waals surface area contributed by atoms with E-state index >= 15 is 0 Å². The van der Waals surface area contributed by atoms with Gasteiger partial charge in [0.2, 0.25) is 0 Å². The number of nitrogens with two attached hydrogens (primary N) is 1. The third-order valence-corrected chi connectivity index (χ3v) is 3.83. The van der Waals surface area contributed by atoms with E-state index < -0.39 is 0 Å². The van der Waals surface area contributed by atoms with Crippen molar-refractivity contribution >= 4 is 5.69 Å². The highest BCUT2D eigenvalue weighted by molar-refractivity contribution is 5.59. The van der Waals surface area contributed by atoms with E-state index in [9.17, 15) is 5.11 Å². The molecule has 0 radical (unpaired) electrons. The van der Waals surface area contributed by atoms with E-state index in [0.29, 0.717) is 0 Å². The van der Waals surface area contributed by atoms with E-state index in [0.717, 1.165) is 25.9 Å². The largest absolute Gasteiger partial charge is 0.394 e. The molecule has 3 nitrogen and oxygen atoms in total. The van der Waals surface area contributed by atoms with Crippen LogP contribution in [0.1, 0.15) is 24.0 Å². The summed E-state index contributed by atoms with van der Waals surface area (Å²) in [6, 6.07) is 6.40. The van der Waals surface area contributed by atoms with Crippen molar-refractivity contribution < 1.29 is 5.11 Å². The molecule has 3 heteroatoms. The topological polar surface area (TPSA) is 49.5 Å². The van der Waals surface area contributed by atoms with E-state index in [2.05, 4.69) is 36.9 Å². The molecule has 0 spiro atoms. The minimum absolute atomic E-state index is 0.0909. The van der Waals surface area contributed by atoms with Gasteiger partial charge in [0, 0.05) is 24.3 Å². The van der Waals surface area contributed by atoms with Gasteiger partial charge in [0.05, 0.1) is 6.61 Å². The standard InChI is InChI=1S/C14H22N2O/c1-11-4-3-5-12(2)13(11)16-8-6-14(15,10-17)7-9-16/h3-5,17H,6-10,15H2,1-2H3. The van der Waals surface area contributed by atoms with Crippen molar-refractivity contribution in [3.05, 3.63) is 29.3 Å². The molecule has 94 valence electrons. The molecule has 3 N–H and O–H groups in total. The van der Waals surface area contributed by atoms with Gasteiger partial charge in [-0.1, -0.05) is 18.2 Å². The Morgan fingerprint density at radius 2 is 1.76 bits per heavy atom. The summed E-state index contributed by atoms with van der Waals surface area (Å²) in [4.78, 5) is 2.39. The van der Waals surface area contributed by atoms with Gasteiger partial charge in [0.25, 0.3) is 0 Å². The Labute approximate surface area is 103 Å². The molecule has 1 heterocycles. The average molecular weight is 234 g/mol. The summed E-state index contributed by atoms with van der Waals surface area (Å²) < 4.78 is 0. The van der Waals surface area contributed by atoms with Gasteiger partial charge in [-0.2, -0.15) is 0 Å². The van der Waals surface area contributed by atoms with Gasteiger partial charge in [-0.25, -0.2) is 0 Å². The number of aliphatic hydroxyl groups is 1. The molecule has 0 aliphatic carbocycles. The Hall–Kier alpha value is -1.06. The highest BCUT2D eigenvalue weighted by Crippen LogP contribution is 2.29. The molecule has 0 atom stereocenters. The normalized spacial score (nSPS) is 19.4. The second kappa shape index (κ2) is 4.67. The summed E-state index contributed by atoms with van der Waals surface area (Å²) in [5, 5.41) is 9.27. The molecule has 17 heavy (non-hydrogen) atoms. The third kappa shape index (κ3) is 2.45. The SMILES string of the molecule is Cc1cccc(C)c1N1CCC(N)(CO)CC1. The molecule has 0 saturated carbocycles. The van der Waals surface area contributed by atoms with Crippen LogP contribution in [0.25, 0.3) is 0 Å². The number of aliphatic hydroxyl groups excluding tert-OH is 1. The number of benzene rings is 1. The lowest BCUT2D eigenvalue weighted by molar-refractivity contribution is 0.170. The van der Waals surface area contributed by atoms with Gasteiger partial charge >= 0.3 is 0 Å². The first-order valence-electron chi connectivity index (χ1n) is 6.27. The summed E-state index contributed by atoms with van der Waals surface area (Å²) >= 11 is 0. The van der Waals surface area contributed by atoms with Gasteiger partial charge < -0.3 is 15.7 Å². The average Bonchev–Trinajstić information content (AvgIpc) is 2.31. The minimum Gasteiger partial charge on any atom is -0.394 e. The quantitative estimate of drug-likeness (QED) is 0.817. The van der Waals surface area contributed by atoms with Crippen LogP contribution in [0.2, 0.25) is 0 Å². The predicted octanol–water partition coefficient (Wildman–Crippen LogP) is 1.59. The minimum atomic E-state index is -0.368. The van der Waals surface area contributed by atoms with E-state index in [1.165, 1.54) is 16.8 Å². The molecular formula is C14H22N2O. The van der Waals surface area contributed by atoms with Crippen LogP contribution in [0.5, 0.6) is 0 Å². The second-order valence-electron chi connectivity index (χ2n) is 5.25. The third-order valence-electron chi connectivity index (χ3n) is 3.83. The molecule has 1 aromatic carbocycles. The lowest BCUT2D eigenvalue weighted by atomic mass is 9.89. The smallest absolute Gasteiger partial charge is 0.0612 e. The Bertz CT molecular complexity index is 375. The number of anilines is 1. The molecule has 1 fully saturated rings. The van der Waals surface area contributed by atoms with Gasteiger partial charge in [-0.3, -0.25) is 0 Å². The van der Waals surface area contributed by atoms with Gasteiger partial charge in [0.1, 0.15) is 0 Å². The number of nitrogens with zero attached hydrogens (tertiary/aromatic N) is 1. The lowest BCUT2D eigenvalue weighted by Crippen LogP contribution is -2.53. The molecule has 1 aliphatic rings.